The standard InChI is InChI=1S/C14H26N4O2S/c1-10(2)13-12(14(17(3)4)18(5)16-13)8-15-11-6-7-21(19,20)9-11/h10-11,15H,6-9H2,1-5H3/t11-/m0/s1. The quantitative estimate of drug-likeness (QED) is 0.874. The summed E-state index contributed by atoms with van der Waals surface area (Å²) in [6.45, 7) is 4.92. The van der Waals surface area contributed by atoms with Crippen LogP contribution in [0.4, 0.5) is 5.82 Å². The van der Waals surface area contributed by atoms with Crippen LogP contribution in [0.25, 0.3) is 0 Å². The van der Waals surface area contributed by atoms with Gasteiger partial charge in [-0.1, -0.05) is 13.8 Å². The number of nitrogens with zero attached hydrogens (tertiary/aromatic N) is 3. The van der Waals surface area contributed by atoms with E-state index in [0.29, 0.717) is 24.6 Å². The van der Waals surface area contributed by atoms with Gasteiger partial charge in [0.2, 0.25) is 0 Å². The summed E-state index contributed by atoms with van der Waals surface area (Å²) in [7, 11) is 3.12. The summed E-state index contributed by atoms with van der Waals surface area (Å²) in [5, 5.41) is 8.02. The van der Waals surface area contributed by atoms with Gasteiger partial charge in [0.1, 0.15) is 5.82 Å². The van der Waals surface area contributed by atoms with Crippen LogP contribution in [0, 0.1) is 0 Å². The third kappa shape index (κ3) is 3.58. The molecule has 1 saturated heterocycles. The van der Waals surface area contributed by atoms with Crippen molar-refractivity contribution in [2.45, 2.75) is 38.8 Å². The Morgan fingerprint density at radius 3 is 2.57 bits per heavy atom. The molecule has 120 valence electrons. The fourth-order valence-corrected chi connectivity index (χ4v) is 4.68. The van der Waals surface area contributed by atoms with Crippen LogP contribution >= 0.6 is 0 Å². The molecule has 1 atom stereocenters. The maximum Gasteiger partial charge on any atom is 0.151 e. The summed E-state index contributed by atoms with van der Waals surface area (Å²) in [5.41, 5.74) is 2.25. The molecule has 1 aromatic rings. The molecule has 6 nitrogen and oxygen atoms in total. The molecule has 1 fully saturated rings. The van der Waals surface area contributed by atoms with Crippen LogP contribution in [0.2, 0.25) is 0 Å². The monoisotopic (exact) mass is 314 g/mol. The molecule has 0 saturated carbocycles. The highest BCUT2D eigenvalue weighted by atomic mass is 32.2. The summed E-state index contributed by atoms with van der Waals surface area (Å²) in [6.07, 6.45) is 0.705. The van der Waals surface area contributed by atoms with Crippen molar-refractivity contribution in [2.24, 2.45) is 7.05 Å². The van der Waals surface area contributed by atoms with Crippen molar-refractivity contribution >= 4 is 15.7 Å². The van der Waals surface area contributed by atoms with E-state index >= 15 is 0 Å². The lowest BCUT2D eigenvalue weighted by Crippen LogP contribution is -2.30. The highest BCUT2D eigenvalue weighted by Crippen LogP contribution is 2.27. The van der Waals surface area contributed by atoms with E-state index in [2.05, 4.69) is 29.2 Å². The fourth-order valence-electron chi connectivity index (χ4n) is 2.97. The van der Waals surface area contributed by atoms with E-state index in [0.717, 1.165) is 11.5 Å². The van der Waals surface area contributed by atoms with E-state index in [4.69, 9.17) is 0 Å². The van der Waals surface area contributed by atoms with Crippen LogP contribution in [0.5, 0.6) is 0 Å². The minimum absolute atomic E-state index is 0.0604. The Kier molecular flexibility index (Phi) is 4.63. The van der Waals surface area contributed by atoms with Gasteiger partial charge in [-0.3, -0.25) is 4.68 Å². The van der Waals surface area contributed by atoms with Crippen molar-refractivity contribution in [1.29, 1.82) is 0 Å². The number of aromatic nitrogens is 2. The van der Waals surface area contributed by atoms with Crippen LogP contribution in [-0.4, -0.2) is 49.8 Å². The molecule has 1 aromatic heterocycles. The van der Waals surface area contributed by atoms with E-state index in [-0.39, 0.29) is 11.8 Å². The highest BCUT2D eigenvalue weighted by Gasteiger charge is 2.28. The second-order valence-corrected chi connectivity index (χ2v) is 8.57. The molecule has 0 amide bonds. The lowest BCUT2D eigenvalue weighted by Gasteiger charge is -2.18. The number of hydrogen-bond acceptors (Lipinski definition) is 5. The number of hydrogen-bond donors (Lipinski definition) is 1. The van der Waals surface area contributed by atoms with Crippen LogP contribution in [0.15, 0.2) is 0 Å². The van der Waals surface area contributed by atoms with Crippen LogP contribution in [0.3, 0.4) is 0 Å². The molecular weight excluding hydrogens is 288 g/mol. The smallest absolute Gasteiger partial charge is 0.151 e. The van der Waals surface area contributed by atoms with Gasteiger partial charge < -0.3 is 10.2 Å². The highest BCUT2D eigenvalue weighted by molar-refractivity contribution is 7.91. The number of aryl methyl sites for hydroxylation is 1. The van der Waals surface area contributed by atoms with Crippen LogP contribution in [-0.2, 0) is 23.4 Å². The van der Waals surface area contributed by atoms with Crippen molar-refractivity contribution in [3.05, 3.63) is 11.3 Å². The molecule has 0 aliphatic carbocycles. The van der Waals surface area contributed by atoms with E-state index in [1.807, 2.05) is 25.8 Å². The molecule has 1 N–H and O–H groups in total. The zero-order chi connectivity index (χ0) is 15.8. The molecular formula is C14H26N4O2S. The Labute approximate surface area is 127 Å². The summed E-state index contributed by atoms with van der Waals surface area (Å²) >= 11 is 0. The van der Waals surface area contributed by atoms with Crippen molar-refractivity contribution in [3.8, 4) is 0 Å². The van der Waals surface area contributed by atoms with Crippen LogP contribution in [0.1, 0.15) is 37.4 Å². The Hall–Kier alpha value is -1.08. The molecule has 2 rings (SSSR count). The largest absolute Gasteiger partial charge is 0.363 e. The average molecular weight is 314 g/mol. The van der Waals surface area contributed by atoms with E-state index in [9.17, 15) is 8.42 Å². The summed E-state index contributed by atoms with van der Waals surface area (Å²) < 4.78 is 25.0. The van der Waals surface area contributed by atoms with Crippen molar-refractivity contribution in [1.82, 2.24) is 15.1 Å². The molecule has 2 heterocycles. The summed E-state index contributed by atoms with van der Waals surface area (Å²) in [5.74, 6) is 1.97. The van der Waals surface area contributed by atoms with Gasteiger partial charge >= 0.3 is 0 Å². The van der Waals surface area contributed by atoms with E-state index in [1.165, 1.54) is 5.56 Å². The van der Waals surface area contributed by atoms with Gasteiger partial charge in [-0.25, -0.2) is 8.42 Å². The first kappa shape index (κ1) is 16.3. The Morgan fingerprint density at radius 2 is 2.10 bits per heavy atom. The Balaban J connectivity index is 2.18. The normalized spacial score (nSPS) is 21.1. The van der Waals surface area contributed by atoms with Crippen molar-refractivity contribution < 1.29 is 8.42 Å². The van der Waals surface area contributed by atoms with E-state index < -0.39 is 9.84 Å². The first-order valence-corrected chi connectivity index (χ1v) is 9.20. The number of rotatable bonds is 5. The lowest BCUT2D eigenvalue weighted by molar-refractivity contribution is 0.551. The molecule has 1 aliphatic heterocycles. The van der Waals surface area contributed by atoms with Gasteiger partial charge in [0.15, 0.2) is 9.84 Å². The number of sulfone groups is 1. The second-order valence-electron chi connectivity index (χ2n) is 6.34. The molecule has 21 heavy (non-hydrogen) atoms. The van der Waals surface area contributed by atoms with Gasteiger partial charge in [0.05, 0.1) is 17.2 Å². The van der Waals surface area contributed by atoms with E-state index in [1.54, 1.807) is 0 Å². The zero-order valence-corrected chi connectivity index (χ0v) is 14.4. The Morgan fingerprint density at radius 1 is 1.43 bits per heavy atom. The molecule has 0 aromatic carbocycles. The maximum atomic E-state index is 11.5. The topological polar surface area (TPSA) is 67.2 Å². The molecule has 7 heteroatoms. The SMILES string of the molecule is CC(C)c1nn(C)c(N(C)C)c1CN[C@H]1CCS(=O)(=O)C1. The first-order valence-electron chi connectivity index (χ1n) is 7.38. The molecule has 0 spiro atoms. The molecule has 1 aliphatic rings. The Bertz CT molecular complexity index is 605. The molecule has 0 radical (unpaired) electrons. The second kappa shape index (κ2) is 5.96. The van der Waals surface area contributed by atoms with Gasteiger partial charge in [0, 0.05) is 39.3 Å². The molecule has 0 bridgehead atoms. The maximum absolute atomic E-state index is 11.5. The lowest BCUT2D eigenvalue weighted by atomic mass is 10.0. The predicted molar refractivity (Wildman–Crippen MR) is 85.5 cm³/mol. The number of nitrogens with one attached hydrogen (secondary N) is 1. The molecule has 0 unspecified atom stereocenters. The van der Waals surface area contributed by atoms with Gasteiger partial charge in [-0.05, 0) is 12.3 Å². The minimum atomic E-state index is -2.84. The summed E-state index contributed by atoms with van der Waals surface area (Å²) in [4.78, 5) is 2.06. The number of anilines is 1. The zero-order valence-electron chi connectivity index (χ0n) is 13.5. The van der Waals surface area contributed by atoms with Crippen LogP contribution < -0.4 is 10.2 Å². The fraction of sp³-hybridized carbons (Fsp3) is 0.786. The minimum Gasteiger partial charge on any atom is -0.363 e. The first-order chi connectivity index (χ1) is 9.71. The third-order valence-electron chi connectivity index (χ3n) is 3.91. The predicted octanol–water partition coefficient (Wildman–Crippen LogP) is 0.886. The van der Waals surface area contributed by atoms with Crippen molar-refractivity contribution in [2.75, 3.05) is 30.5 Å². The van der Waals surface area contributed by atoms with Crippen molar-refractivity contribution in [3.63, 3.8) is 0 Å². The van der Waals surface area contributed by atoms with Gasteiger partial charge in [-0.15, -0.1) is 0 Å². The summed E-state index contributed by atoms with van der Waals surface area (Å²) in [6, 6.07) is 0.0604. The van der Waals surface area contributed by atoms with Gasteiger partial charge in [-0.2, -0.15) is 5.10 Å². The third-order valence-corrected chi connectivity index (χ3v) is 5.68. The van der Waals surface area contributed by atoms with Gasteiger partial charge in [0.25, 0.3) is 0 Å². The average Bonchev–Trinajstić information content (AvgIpc) is 2.86.